The third-order valence-electron chi connectivity index (χ3n) is 4.49. The first kappa shape index (κ1) is 21.9. The molecule has 0 aliphatic heterocycles. The van der Waals surface area contributed by atoms with Gasteiger partial charge in [0.2, 0.25) is 0 Å². The Labute approximate surface area is 184 Å². The summed E-state index contributed by atoms with van der Waals surface area (Å²) in [6.07, 6.45) is -2.28. The number of halogens is 3. The van der Waals surface area contributed by atoms with Crippen LogP contribution in [-0.2, 0) is 11.8 Å². The maximum Gasteiger partial charge on any atom is 0.471 e. The number of aryl methyl sites for hydroxylation is 2. The van der Waals surface area contributed by atoms with E-state index >= 15 is 0 Å². The molecule has 0 saturated carbocycles. The molecule has 0 fully saturated rings. The van der Waals surface area contributed by atoms with Gasteiger partial charge in [0.15, 0.2) is 5.82 Å². The number of hydrogen-bond acceptors (Lipinski definition) is 5. The van der Waals surface area contributed by atoms with Crippen LogP contribution in [0.4, 0.5) is 24.7 Å². The molecule has 0 saturated heterocycles. The molecule has 33 heavy (non-hydrogen) atoms. The minimum atomic E-state index is -5.01. The molecule has 1 aromatic carbocycles. The Morgan fingerprint density at radius 1 is 1.03 bits per heavy atom. The highest BCUT2D eigenvalue weighted by Gasteiger charge is 2.39. The first-order valence-electron chi connectivity index (χ1n) is 9.55. The summed E-state index contributed by atoms with van der Waals surface area (Å²) in [4.78, 5) is 27.5. The molecule has 4 aromatic rings. The standard InChI is InChI=1S/C21H17F3N6O3/c1-12-8-16(29(2)28-12)19(31)25-13-4-3-5-14(9-13)33-15-6-7-18-26-17(11-30(18)10-15)27-20(32)21(22,23)24/h3-11H,1-2H3,(H,25,31)(H,27,32). The SMILES string of the molecule is Cc1cc(C(=O)Nc2cccc(Oc3ccc4nc(NC(=O)C(F)(F)F)cn4c3)c2)n(C)n1. The number of nitrogens with zero attached hydrogens (tertiary/aromatic N) is 4. The molecule has 3 heterocycles. The minimum absolute atomic E-state index is 0.246. The van der Waals surface area contributed by atoms with Crippen LogP contribution < -0.4 is 15.4 Å². The predicted molar refractivity (Wildman–Crippen MR) is 112 cm³/mol. The van der Waals surface area contributed by atoms with Crippen LogP contribution in [0.2, 0.25) is 0 Å². The van der Waals surface area contributed by atoms with Crippen molar-refractivity contribution in [1.82, 2.24) is 19.2 Å². The smallest absolute Gasteiger partial charge is 0.456 e. The van der Waals surface area contributed by atoms with Crippen LogP contribution >= 0.6 is 0 Å². The summed E-state index contributed by atoms with van der Waals surface area (Å²) in [6, 6.07) is 11.4. The summed E-state index contributed by atoms with van der Waals surface area (Å²) >= 11 is 0. The van der Waals surface area contributed by atoms with Crippen molar-refractivity contribution in [2.45, 2.75) is 13.1 Å². The number of carbonyl (C=O) groups excluding carboxylic acids is 2. The van der Waals surface area contributed by atoms with E-state index in [1.165, 1.54) is 27.5 Å². The lowest BCUT2D eigenvalue weighted by Crippen LogP contribution is -2.30. The summed E-state index contributed by atoms with van der Waals surface area (Å²) in [7, 11) is 1.67. The molecule has 3 aromatic heterocycles. The first-order valence-corrected chi connectivity index (χ1v) is 9.55. The van der Waals surface area contributed by atoms with Crippen molar-refractivity contribution in [2.75, 3.05) is 10.6 Å². The van der Waals surface area contributed by atoms with Gasteiger partial charge in [0, 0.05) is 18.8 Å². The van der Waals surface area contributed by atoms with Crippen LogP contribution in [-0.4, -0.2) is 37.2 Å². The van der Waals surface area contributed by atoms with E-state index in [9.17, 15) is 22.8 Å². The molecule has 0 aliphatic rings. The van der Waals surface area contributed by atoms with Crippen molar-refractivity contribution in [3.63, 3.8) is 0 Å². The van der Waals surface area contributed by atoms with Crippen LogP contribution in [0, 0.1) is 6.92 Å². The van der Waals surface area contributed by atoms with Crippen molar-refractivity contribution in [3.05, 3.63) is 66.2 Å². The second-order valence-electron chi connectivity index (χ2n) is 7.09. The van der Waals surface area contributed by atoms with Gasteiger partial charge in [-0.05, 0) is 37.3 Å². The van der Waals surface area contributed by atoms with E-state index in [0.717, 1.165) is 5.69 Å². The quantitative estimate of drug-likeness (QED) is 0.472. The first-order chi connectivity index (χ1) is 15.6. The topological polar surface area (TPSA) is 103 Å². The second kappa shape index (κ2) is 8.30. The number of carbonyl (C=O) groups is 2. The van der Waals surface area contributed by atoms with Crippen molar-refractivity contribution < 1.29 is 27.5 Å². The van der Waals surface area contributed by atoms with Crippen LogP contribution in [0.15, 0.2) is 54.9 Å². The van der Waals surface area contributed by atoms with Gasteiger partial charge in [-0.2, -0.15) is 18.3 Å². The Hall–Kier alpha value is -4.35. The van der Waals surface area contributed by atoms with Gasteiger partial charge in [-0.1, -0.05) is 6.07 Å². The van der Waals surface area contributed by atoms with Crippen molar-refractivity contribution in [2.24, 2.45) is 7.05 Å². The van der Waals surface area contributed by atoms with Crippen molar-refractivity contribution in [1.29, 1.82) is 0 Å². The highest BCUT2D eigenvalue weighted by Crippen LogP contribution is 2.26. The fraction of sp³-hybridized carbons (Fsp3) is 0.143. The second-order valence-corrected chi connectivity index (χ2v) is 7.09. The lowest BCUT2D eigenvalue weighted by atomic mass is 10.2. The lowest BCUT2D eigenvalue weighted by Gasteiger charge is -2.09. The van der Waals surface area contributed by atoms with Gasteiger partial charge in [-0.3, -0.25) is 14.3 Å². The molecule has 0 atom stereocenters. The van der Waals surface area contributed by atoms with Gasteiger partial charge in [0.25, 0.3) is 5.91 Å². The molecule has 9 nitrogen and oxygen atoms in total. The average molecular weight is 458 g/mol. The number of rotatable bonds is 5. The average Bonchev–Trinajstić information content (AvgIpc) is 3.28. The molecule has 0 aliphatic carbocycles. The number of anilines is 2. The van der Waals surface area contributed by atoms with Gasteiger partial charge in [-0.15, -0.1) is 0 Å². The Kier molecular flexibility index (Phi) is 5.50. The lowest BCUT2D eigenvalue weighted by molar-refractivity contribution is -0.167. The number of hydrogen-bond donors (Lipinski definition) is 2. The Bertz CT molecular complexity index is 1360. The van der Waals surface area contributed by atoms with E-state index in [2.05, 4.69) is 15.4 Å². The monoisotopic (exact) mass is 458 g/mol. The summed E-state index contributed by atoms with van der Waals surface area (Å²) in [5.74, 6) is -1.91. The number of aromatic nitrogens is 4. The molecule has 0 bridgehead atoms. The summed E-state index contributed by atoms with van der Waals surface area (Å²) in [6.45, 7) is 1.79. The van der Waals surface area contributed by atoms with Gasteiger partial charge < -0.3 is 19.8 Å². The number of pyridine rings is 1. The number of ether oxygens (including phenoxy) is 1. The molecule has 170 valence electrons. The molecule has 2 N–H and O–H groups in total. The number of imidazole rings is 1. The predicted octanol–water partition coefficient (Wildman–Crippen LogP) is 3.92. The summed E-state index contributed by atoms with van der Waals surface area (Å²) in [5, 5.41) is 8.62. The van der Waals surface area contributed by atoms with E-state index in [-0.39, 0.29) is 11.7 Å². The Balaban J connectivity index is 1.48. The maximum atomic E-state index is 12.5. The molecular weight excluding hydrogens is 441 g/mol. The maximum absolute atomic E-state index is 12.5. The van der Waals surface area contributed by atoms with Crippen LogP contribution in [0.3, 0.4) is 0 Å². The normalized spacial score (nSPS) is 11.4. The number of amides is 2. The van der Waals surface area contributed by atoms with E-state index in [1.54, 1.807) is 55.7 Å². The molecule has 12 heteroatoms. The molecule has 0 radical (unpaired) electrons. The number of fused-ring (bicyclic) bond motifs is 1. The van der Waals surface area contributed by atoms with Gasteiger partial charge in [-0.25, -0.2) is 4.98 Å². The zero-order chi connectivity index (χ0) is 23.8. The van der Waals surface area contributed by atoms with E-state index < -0.39 is 12.1 Å². The van der Waals surface area contributed by atoms with Gasteiger partial charge in [0.1, 0.15) is 22.8 Å². The third-order valence-corrected chi connectivity index (χ3v) is 4.49. The van der Waals surface area contributed by atoms with Crippen molar-refractivity contribution >= 4 is 29.0 Å². The Morgan fingerprint density at radius 2 is 1.82 bits per heavy atom. The molecule has 4 rings (SSSR count). The van der Waals surface area contributed by atoms with Gasteiger partial charge >= 0.3 is 12.1 Å². The highest BCUT2D eigenvalue weighted by atomic mass is 19.4. The largest absolute Gasteiger partial charge is 0.471 e. The molecular formula is C21H17F3N6O3. The Morgan fingerprint density at radius 3 is 2.52 bits per heavy atom. The number of benzene rings is 1. The third kappa shape index (κ3) is 4.95. The molecule has 0 spiro atoms. The fourth-order valence-corrected chi connectivity index (χ4v) is 3.07. The van der Waals surface area contributed by atoms with Crippen LogP contribution in [0.25, 0.3) is 5.65 Å². The number of alkyl halides is 3. The molecule has 2 amide bonds. The van der Waals surface area contributed by atoms with E-state index in [1.807, 2.05) is 0 Å². The number of nitrogens with one attached hydrogen (secondary N) is 2. The zero-order valence-corrected chi connectivity index (χ0v) is 17.3. The van der Waals surface area contributed by atoms with Crippen molar-refractivity contribution in [3.8, 4) is 11.5 Å². The van der Waals surface area contributed by atoms with Gasteiger partial charge in [0.05, 0.1) is 18.1 Å². The fourth-order valence-electron chi connectivity index (χ4n) is 3.07. The van der Waals surface area contributed by atoms with Crippen LogP contribution in [0.5, 0.6) is 11.5 Å². The summed E-state index contributed by atoms with van der Waals surface area (Å²) < 4.78 is 46.0. The van der Waals surface area contributed by atoms with E-state index in [0.29, 0.717) is 28.5 Å². The summed E-state index contributed by atoms with van der Waals surface area (Å²) in [5.41, 5.74) is 1.93. The zero-order valence-electron chi connectivity index (χ0n) is 17.3. The van der Waals surface area contributed by atoms with E-state index in [4.69, 9.17) is 4.74 Å². The molecule has 0 unspecified atom stereocenters. The minimum Gasteiger partial charge on any atom is -0.456 e. The highest BCUT2D eigenvalue weighted by molar-refractivity contribution is 6.03. The van der Waals surface area contributed by atoms with Crippen LogP contribution in [0.1, 0.15) is 16.2 Å².